The molecule has 5 nitrogen and oxygen atoms in total. The molecule has 0 aromatic heterocycles. The van der Waals surface area contributed by atoms with Gasteiger partial charge in [-0.2, -0.15) is 4.21 Å². The van der Waals surface area contributed by atoms with Gasteiger partial charge in [0.05, 0.1) is 0 Å². The quantitative estimate of drug-likeness (QED) is 0.625. The van der Waals surface area contributed by atoms with Gasteiger partial charge in [-0.05, 0) is 12.8 Å². The first-order valence-corrected chi connectivity index (χ1v) is 6.44. The monoisotopic (exact) mass is 274 g/mol. The molecule has 0 atom stereocenters. The van der Waals surface area contributed by atoms with Crippen LogP contribution < -0.4 is 0 Å². The summed E-state index contributed by atoms with van der Waals surface area (Å²) in [6.45, 7) is 3.85. The Morgan fingerprint density at radius 3 is 1.59 bits per heavy atom. The summed E-state index contributed by atoms with van der Waals surface area (Å²) < 4.78 is 19.8. The Morgan fingerprint density at radius 1 is 0.941 bits per heavy atom. The van der Waals surface area contributed by atoms with Crippen LogP contribution in [-0.2, 0) is 29.3 Å². The fraction of sp³-hybridized carbons (Fsp3) is 0.800. The van der Waals surface area contributed by atoms with Crippen molar-refractivity contribution >= 4 is 52.9 Å². The van der Waals surface area contributed by atoms with Crippen molar-refractivity contribution in [1.29, 1.82) is 0 Å². The number of hydrogen-bond donors (Lipinski definition) is 0. The Kier molecular flexibility index (Phi) is 14.3. The van der Waals surface area contributed by atoms with E-state index in [0.717, 1.165) is 12.8 Å². The molecule has 0 rings (SSSR count). The van der Waals surface area contributed by atoms with Gasteiger partial charge in [0, 0.05) is 12.8 Å². The van der Waals surface area contributed by atoms with Crippen molar-refractivity contribution in [3.8, 4) is 0 Å². The maximum absolute atomic E-state index is 11.0. The zero-order chi connectivity index (χ0) is 12.4. The van der Waals surface area contributed by atoms with E-state index in [1.54, 1.807) is 0 Å². The minimum atomic E-state index is -2.29. The summed E-state index contributed by atoms with van der Waals surface area (Å²) in [5.41, 5.74) is 0. The summed E-state index contributed by atoms with van der Waals surface area (Å²) in [6, 6.07) is 0. The molecule has 0 bridgehead atoms. The maximum atomic E-state index is 11.0. The van der Waals surface area contributed by atoms with E-state index in [-0.39, 0.29) is 42.4 Å². The first kappa shape index (κ1) is 19.4. The van der Waals surface area contributed by atoms with E-state index in [4.69, 9.17) is 0 Å². The van der Waals surface area contributed by atoms with Crippen LogP contribution >= 0.6 is 0 Å². The molecular formula is C10H19NaO5S. The standard InChI is InChI=1S/C10H18O5S.Na.H/c1-3-5-7-9(11)14-16(13)15-10(12)8-6-4-2;;/h3-8H2,1-2H3;;. The molecule has 96 valence electrons. The molecule has 0 radical (unpaired) electrons. The fourth-order valence-corrected chi connectivity index (χ4v) is 1.40. The molecule has 0 fully saturated rings. The third kappa shape index (κ3) is 12.3. The van der Waals surface area contributed by atoms with Crippen molar-refractivity contribution in [2.75, 3.05) is 0 Å². The Hall–Kier alpha value is 0.0900. The van der Waals surface area contributed by atoms with Crippen molar-refractivity contribution in [3.63, 3.8) is 0 Å². The Bertz CT molecular complexity index is 233. The molecule has 0 aromatic carbocycles. The zero-order valence-electron chi connectivity index (χ0n) is 9.69. The summed E-state index contributed by atoms with van der Waals surface area (Å²) in [5.74, 6) is -1.22. The molecule has 0 aromatic rings. The molecule has 0 saturated carbocycles. The van der Waals surface area contributed by atoms with Crippen LogP contribution in [0.3, 0.4) is 0 Å². The summed E-state index contributed by atoms with van der Waals surface area (Å²) in [7, 11) is 0. The second-order valence-corrected chi connectivity index (χ2v) is 4.06. The molecule has 0 amide bonds. The van der Waals surface area contributed by atoms with E-state index < -0.39 is 23.3 Å². The summed E-state index contributed by atoms with van der Waals surface area (Å²) in [4.78, 5) is 22.0. The molecule has 0 spiro atoms. The van der Waals surface area contributed by atoms with Crippen LogP contribution in [0.2, 0.25) is 0 Å². The van der Waals surface area contributed by atoms with Crippen molar-refractivity contribution in [2.45, 2.75) is 52.4 Å². The normalized spacial score (nSPS) is 9.59. The second kappa shape index (κ2) is 12.5. The van der Waals surface area contributed by atoms with Gasteiger partial charge in [0.15, 0.2) is 0 Å². The van der Waals surface area contributed by atoms with Crippen LogP contribution in [0, 0.1) is 0 Å². The van der Waals surface area contributed by atoms with Gasteiger partial charge in [-0.25, -0.2) is 0 Å². The third-order valence-corrected chi connectivity index (χ3v) is 2.43. The minimum absolute atomic E-state index is 0. The van der Waals surface area contributed by atoms with Gasteiger partial charge in [-0.3, -0.25) is 9.59 Å². The third-order valence-electron chi connectivity index (χ3n) is 1.79. The summed E-state index contributed by atoms with van der Waals surface area (Å²) >= 11 is -2.29. The predicted octanol–water partition coefficient (Wildman–Crippen LogP) is 1.38. The fourth-order valence-electron chi connectivity index (χ4n) is 0.894. The first-order valence-electron chi connectivity index (χ1n) is 5.44. The molecule has 7 heteroatoms. The number of carbonyl (C=O) groups excluding carboxylic acids is 2. The van der Waals surface area contributed by atoms with Gasteiger partial charge in [-0.1, -0.05) is 26.7 Å². The van der Waals surface area contributed by atoms with Crippen molar-refractivity contribution in [3.05, 3.63) is 0 Å². The predicted molar refractivity (Wildman–Crippen MR) is 66.5 cm³/mol. The van der Waals surface area contributed by atoms with E-state index in [1.165, 1.54) is 0 Å². The van der Waals surface area contributed by atoms with Crippen molar-refractivity contribution in [1.82, 2.24) is 0 Å². The van der Waals surface area contributed by atoms with Gasteiger partial charge in [0.2, 0.25) is 0 Å². The zero-order valence-corrected chi connectivity index (χ0v) is 10.5. The second-order valence-electron chi connectivity index (χ2n) is 3.32. The molecule has 0 aliphatic heterocycles. The Balaban J connectivity index is 0. The van der Waals surface area contributed by atoms with E-state index >= 15 is 0 Å². The number of rotatable bonds is 8. The molecule has 0 aliphatic rings. The van der Waals surface area contributed by atoms with Gasteiger partial charge >= 0.3 is 52.9 Å². The average Bonchev–Trinajstić information content (AvgIpc) is 2.23. The first-order chi connectivity index (χ1) is 7.60. The SMILES string of the molecule is CCCCC(=O)OS(=O)OC(=O)CCCC.[NaH]. The van der Waals surface area contributed by atoms with Crippen LogP contribution in [0.5, 0.6) is 0 Å². The molecule has 0 aliphatic carbocycles. The van der Waals surface area contributed by atoms with Crippen LogP contribution in [0.25, 0.3) is 0 Å². The molecular weight excluding hydrogens is 255 g/mol. The summed E-state index contributed by atoms with van der Waals surface area (Å²) in [6.07, 6.45) is 3.40. The molecule has 0 N–H and O–H groups in total. The van der Waals surface area contributed by atoms with Gasteiger partial charge < -0.3 is 8.37 Å². The van der Waals surface area contributed by atoms with Crippen molar-refractivity contribution in [2.24, 2.45) is 0 Å². The van der Waals surface area contributed by atoms with Crippen LogP contribution in [0.1, 0.15) is 52.4 Å². The van der Waals surface area contributed by atoms with Crippen LogP contribution in [0.4, 0.5) is 0 Å². The van der Waals surface area contributed by atoms with E-state index in [2.05, 4.69) is 8.37 Å². The number of unbranched alkanes of at least 4 members (excludes halogenated alkanes) is 2. The topological polar surface area (TPSA) is 69.7 Å². The summed E-state index contributed by atoms with van der Waals surface area (Å²) in [5, 5.41) is 0. The molecule has 0 unspecified atom stereocenters. The molecule has 0 saturated heterocycles. The van der Waals surface area contributed by atoms with Gasteiger partial charge in [0.1, 0.15) is 0 Å². The Morgan fingerprint density at radius 2 is 1.29 bits per heavy atom. The van der Waals surface area contributed by atoms with Crippen molar-refractivity contribution < 1.29 is 22.2 Å². The van der Waals surface area contributed by atoms with Crippen LogP contribution in [0.15, 0.2) is 0 Å². The van der Waals surface area contributed by atoms with E-state index in [9.17, 15) is 13.8 Å². The number of hydrogen-bond acceptors (Lipinski definition) is 5. The molecule has 17 heavy (non-hydrogen) atoms. The average molecular weight is 274 g/mol. The number of carbonyl (C=O) groups is 2. The van der Waals surface area contributed by atoms with Gasteiger partial charge in [0.25, 0.3) is 0 Å². The van der Waals surface area contributed by atoms with Gasteiger partial charge in [-0.15, -0.1) is 0 Å². The van der Waals surface area contributed by atoms with E-state index in [1.807, 2.05) is 13.8 Å². The molecule has 0 heterocycles. The van der Waals surface area contributed by atoms with Crippen LogP contribution in [-0.4, -0.2) is 45.7 Å². The van der Waals surface area contributed by atoms with E-state index in [0.29, 0.717) is 12.8 Å². The Labute approximate surface area is 127 Å².